The predicted molar refractivity (Wildman–Crippen MR) is 67.6 cm³/mol. The van der Waals surface area contributed by atoms with Crippen LogP contribution in [0.1, 0.15) is 19.0 Å². The lowest BCUT2D eigenvalue weighted by atomic mass is 10.3. The molecule has 0 spiro atoms. The number of allylic oxidation sites excluding steroid dienone is 1. The van der Waals surface area contributed by atoms with Crippen molar-refractivity contribution in [3.8, 4) is 0 Å². The van der Waals surface area contributed by atoms with Gasteiger partial charge in [0.15, 0.2) is 5.83 Å². The molecule has 0 aliphatic carbocycles. The van der Waals surface area contributed by atoms with E-state index in [4.69, 9.17) is 0 Å². The van der Waals surface area contributed by atoms with E-state index in [1.807, 2.05) is 0 Å². The SMILES string of the molecule is CO/N=C(\C)c1csc([S+]([O-])CCC(F)=C(F)F)n1. The van der Waals surface area contributed by atoms with Crippen LogP contribution in [0.3, 0.4) is 0 Å². The van der Waals surface area contributed by atoms with Gasteiger partial charge in [0.1, 0.15) is 24.3 Å². The summed E-state index contributed by atoms with van der Waals surface area (Å²) < 4.78 is 48.2. The molecule has 0 fully saturated rings. The van der Waals surface area contributed by atoms with Gasteiger partial charge in [-0.3, -0.25) is 0 Å². The van der Waals surface area contributed by atoms with Crippen LogP contribution in [0, 0.1) is 0 Å². The molecule has 1 aromatic rings. The molecule has 0 radical (unpaired) electrons. The lowest BCUT2D eigenvalue weighted by Crippen LogP contribution is -2.08. The van der Waals surface area contributed by atoms with Crippen LogP contribution in [0.4, 0.5) is 13.2 Å². The molecule has 1 atom stereocenters. The van der Waals surface area contributed by atoms with E-state index in [1.54, 1.807) is 12.3 Å². The average Bonchev–Trinajstić information content (AvgIpc) is 2.85. The van der Waals surface area contributed by atoms with E-state index in [-0.39, 0.29) is 10.1 Å². The number of halogens is 3. The first-order valence-electron chi connectivity index (χ1n) is 5.07. The van der Waals surface area contributed by atoms with Crippen molar-refractivity contribution in [2.45, 2.75) is 17.7 Å². The Morgan fingerprint density at radius 1 is 1.53 bits per heavy atom. The molecular weight excluding hydrogens is 301 g/mol. The van der Waals surface area contributed by atoms with Gasteiger partial charge in [-0.05, 0) is 6.92 Å². The summed E-state index contributed by atoms with van der Waals surface area (Å²) >= 11 is -0.518. The molecule has 9 heteroatoms. The summed E-state index contributed by atoms with van der Waals surface area (Å²) in [5, 5.41) is 5.28. The normalized spacial score (nSPS) is 13.3. The zero-order chi connectivity index (χ0) is 14.4. The molecule has 1 unspecified atom stereocenters. The molecule has 0 bridgehead atoms. The molecule has 0 aliphatic rings. The highest BCUT2D eigenvalue weighted by Gasteiger charge is 2.19. The first-order chi connectivity index (χ1) is 8.95. The summed E-state index contributed by atoms with van der Waals surface area (Å²) in [6.07, 6.45) is -2.95. The van der Waals surface area contributed by atoms with E-state index >= 15 is 0 Å². The van der Waals surface area contributed by atoms with Crippen molar-refractivity contribution in [3.63, 3.8) is 0 Å². The molecule has 4 nitrogen and oxygen atoms in total. The van der Waals surface area contributed by atoms with Gasteiger partial charge in [-0.1, -0.05) is 16.5 Å². The highest BCUT2D eigenvalue weighted by molar-refractivity contribution is 7.93. The quantitative estimate of drug-likeness (QED) is 0.461. The van der Waals surface area contributed by atoms with Crippen LogP contribution in [0.5, 0.6) is 0 Å². The minimum atomic E-state index is -2.38. The lowest BCUT2D eigenvalue weighted by molar-refractivity contribution is 0.213. The van der Waals surface area contributed by atoms with Crippen molar-refractivity contribution in [1.82, 2.24) is 4.98 Å². The molecule has 0 saturated carbocycles. The van der Waals surface area contributed by atoms with E-state index in [9.17, 15) is 17.7 Å². The number of oxime groups is 1. The highest BCUT2D eigenvalue weighted by Crippen LogP contribution is 2.21. The van der Waals surface area contributed by atoms with Gasteiger partial charge in [0.05, 0.1) is 6.42 Å². The number of nitrogens with zero attached hydrogens (tertiary/aromatic N) is 2. The Balaban J connectivity index is 2.66. The standard InChI is InChI=1S/C10H11F3N2O2S2/c1-6(15-17-2)8-5-18-10(14-8)19(16)4-3-7(11)9(12)13/h5H,3-4H2,1-2H3/b15-6+. The third-order valence-electron chi connectivity index (χ3n) is 1.99. The van der Waals surface area contributed by atoms with Gasteiger partial charge in [-0.25, -0.2) is 4.39 Å². The third-order valence-corrected chi connectivity index (χ3v) is 4.52. The highest BCUT2D eigenvalue weighted by atomic mass is 32.2. The van der Waals surface area contributed by atoms with Crippen molar-refractivity contribution < 1.29 is 22.6 Å². The van der Waals surface area contributed by atoms with Crippen LogP contribution >= 0.6 is 11.3 Å². The Morgan fingerprint density at radius 3 is 2.79 bits per heavy atom. The van der Waals surface area contributed by atoms with Crippen LogP contribution in [0.15, 0.2) is 26.8 Å². The zero-order valence-electron chi connectivity index (χ0n) is 10.2. The maximum atomic E-state index is 12.6. The number of hydrogen-bond acceptors (Lipinski definition) is 5. The fourth-order valence-corrected chi connectivity index (χ4v) is 3.23. The Bertz CT molecular complexity index is 487. The summed E-state index contributed by atoms with van der Waals surface area (Å²) in [7, 11) is 1.38. The molecule has 1 aromatic heterocycles. The van der Waals surface area contributed by atoms with Gasteiger partial charge in [0, 0.05) is 16.6 Å². The van der Waals surface area contributed by atoms with Crippen LogP contribution in [-0.2, 0) is 16.0 Å². The van der Waals surface area contributed by atoms with Crippen molar-refractivity contribution in [2.75, 3.05) is 12.9 Å². The number of thiazole rings is 1. The summed E-state index contributed by atoms with van der Waals surface area (Å²) in [4.78, 5) is 8.60. The Kier molecular flexibility index (Phi) is 6.32. The second-order valence-corrected chi connectivity index (χ2v) is 5.93. The summed E-state index contributed by atoms with van der Waals surface area (Å²) in [5.74, 6) is -1.78. The van der Waals surface area contributed by atoms with Gasteiger partial charge in [0.25, 0.3) is 0 Å². The molecule has 0 amide bonds. The van der Waals surface area contributed by atoms with E-state index in [1.165, 1.54) is 7.11 Å². The number of aromatic nitrogens is 1. The largest absolute Gasteiger partial charge is 0.610 e. The molecule has 0 aliphatic heterocycles. The van der Waals surface area contributed by atoms with E-state index < -0.39 is 29.5 Å². The summed E-state index contributed by atoms with van der Waals surface area (Å²) in [6, 6.07) is 0. The molecule has 0 N–H and O–H groups in total. The Hall–Kier alpha value is -1.06. The lowest BCUT2D eigenvalue weighted by Gasteiger charge is -2.05. The van der Waals surface area contributed by atoms with Gasteiger partial charge in [-0.15, -0.1) is 0 Å². The Labute approximate surface area is 115 Å². The molecule has 0 saturated heterocycles. The molecule has 106 valence electrons. The molecule has 1 rings (SSSR count). The molecule has 1 heterocycles. The van der Waals surface area contributed by atoms with Crippen LogP contribution < -0.4 is 0 Å². The maximum absolute atomic E-state index is 12.6. The van der Waals surface area contributed by atoms with Crippen LogP contribution in [0.25, 0.3) is 0 Å². The zero-order valence-corrected chi connectivity index (χ0v) is 11.8. The summed E-state index contributed by atoms with van der Waals surface area (Å²) in [6.45, 7) is 1.66. The fourth-order valence-electron chi connectivity index (χ4n) is 1.08. The minimum absolute atomic E-state index is 0.239. The van der Waals surface area contributed by atoms with E-state index in [0.717, 1.165) is 11.3 Å². The van der Waals surface area contributed by atoms with E-state index in [0.29, 0.717) is 11.4 Å². The minimum Gasteiger partial charge on any atom is -0.610 e. The van der Waals surface area contributed by atoms with Crippen LogP contribution in [0.2, 0.25) is 0 Å². The smallest absolute Gasteiger partial charge is 0.302 e. The van der Waals surface area contributed by atoms with Gasteiger partial charge in [-0.2, -0.15) is 13.8 Å². The van der Waals surface area contributed by atoms with Crippen molar-refractivity contribution >= 4 is 28.2 Å². The van der Waals surface area contributed by atoms with Crippen molar-refractivity contribution in [2.24, 2.45) is 5.16 Å². The average molecular weight is 312 g/mol. The second kappa shape index (κ2) is 7.51. The van der Waals surface area contributed by atoms with Gasteiger partial charge in [0.2, 0.25) is 0 Å². The molecule has 0 aromatic carbocycles. The van der Waals surface area contributed by atoms with Crippen molar-refractivity contribution in [1.29, 1.82) is 0 Å². The monoisotopic (exact) mass is 312 g/mol. The summed E-state index contributed by atoms with van der Waals surface area (Å²) in [5.41, 5.74) is 0.991. The molecule has 19 heavy (non-hydrogen) atoms. The van der Waals surface area contributed by atoms with Crippen LogP contribution in [-0.4, -0.2) is 28.1 Å². The first kappa shape index (κ1) is 16.0. The van der Waals surface area contributed by atoms with Gasteiger partial charge >= 0.3 is 10.4 Å². The molecular formula is C10H11F3N2O2S2. The van der Waals surface area contributed by atoms with Gasteiger partial charge < -0.3 is 9.39 Å². The third kappa shape index (κ3) is 4.84. The predicted octanol–water partition coefficient (Wildman–Crippen LogP) is 3.09. The maximum Gasteiger partial charge on any atom is 0.302 e. The number of rotatable bonds is 6. The van der Waals surface area contributed by atoms with Crippen molar-refractivity contribution in [3.05, 3.63) is 23.0 Å². The van der Waals surface area contributed by atoms with E-state index in [2.05, 4.69) is 15.0 Å². The topological polar surface area (TPSA) is 57.5 Å². The number of hydrogen-bond donors (Lipinski definition) is 0. The fraction of sp³-hybridized carbons (Fsp3) is 0.400. The Morgan fingerprint density at radius 2 is 2.21 bits per heavy atom. The first-order valence-corrected chi connectivity index (χ1v) is 7.27. The second-order valence-electron chi connectivity index (χ2n) is 3.32.